The van der Waals surface area contributed by atoms with Gasteiger partial charge >= 0.3 is 0 Å². The summed E-state index contributed by atoms with van der Waals surface area (Å²) in [5, 5.41) is 11.3. The van der Waals surface area contributed by atoms with Gasteiger partial charge in [0.05, 0.1) is 25.9 Å². The summed E-state index contributed by atoms with van der Waals surface area (Å²) in [5.74, 6) is 2.81. The molecular weight excluding hydrogens is 522 g/mol. The lowest BCUT2D eigenvalue weighted by atomic mass is 9.95. The summed E-state index contributed by atoms with van der Waals surface area (Å²) in [6.45, 7) is 0. The minimum Gasteiger partial charge on any atom is -0.497 e. The molecule has 0 spiro atoms. The monoisotopic (exact) mass is 547 g/mol. The number of nitriles is 1. The van der Waals surface area contributed by atoms with Crippen molar-refractivity contribution in [2.75, 3.05) is 14.2 Å². The Morgan fingerprint density at radius 3 is 1.50 bits per heavy atom. The molecule has 2 heterocycles. The van der Waals surface area contributed by atoms with Gasteiger partial charge in [-0.25, -0.2) is 0 Å². The SMILES string of the molecule is COc1cc(OC)cc(-c2oc3cc4oc(-c5ccc(C#N)cc5)c(-c5ccccc5)c4cc3c2-c2ccccc2)c1. The molecule has 0 aliphatic heterocycles. The molecule has 0 N–H and O–H groups in total. The molecule has 0 aliphatic rings. The average molecular weight is 548 g/mol. The number of hydrogen-bond acceptors (Lipinski definition) is 5. The van der Waals surface area contributed by atoms with Crippen molar-refractivity contribution >= 4 is 21.9 Å². The second-order valence-corrected chi connectivity index (χ2v) is 9.98. The molecule has 7 rings (SSSR count). The number of furan rings is 2. The third kappa shape index (κ3) is 4.27. The van der Waals surface area contributed by atoms with Gasteiger partial charge in [0.1, 0.15) is 34.2 Å². The third-order valence-corrected chi connectivity index (χ3v) is 7.51. The smallest absolute Gasteiger partial charge is 0.143 e. The molecule has 202 valence electrons. The molecule has 0 bridgehead atoms. The minimum atomic E-state index is 0.600. The maximum Gasteiger partial charge on any atom is 0.143 e. The molecule has 0 unspecified atom stereocenters. The Labute approximate surface area is 242 Å². The summed E-state index contributed by atoms with van der Waals surface area (Å²) >= 11 is 0. The second kappa shape index (κ2) is 10.3. The summed E-state index contributed by atoms with van der Waals surface area (Å²) in [5.41, 5.74) is 7.80. The van der Waals surface area contributed by atoms with Crippen LogP contribution < -0.4 is 9.47 Å². The van der Waals surface area contributed by atoms with Crippen LogP contribution in [-0.2, 0) is 0 Å². The first-order chi connectivity index (χ1) is 20.7. The molecule has 7 aromatic rings. The summed E-state index contributed by atoms with van der Waals surface area (Å²) < 4.78 is 24.3. The van der Waals surface area contributed by atoms with Gasteiger partial charge in [-0.05, 0) is 53.6 Å². The number of hydrogen-bond donors (Lipinski definition) is 0. The Kier molecular flexibility index (Phi) is 6.22. The fraction of sp³-hybridized carbons (Fsp3) is 0.0541. The van der Waals surface area contributed by atoms with Crippen molar-refractivity contribution in [3.8, 4) is 62.5 Å². The number of methoxy groups -OCH3 is 2. The van der Waals surface area contributed by atoms with Gasteiger partial charge in [0, 0.05) is 45.2 Å². The van der Waals surface area contributed by atoms with Gasteiger partial charge in [-0.1, -0.05) is 60.7 Å². The molecule has 42 heavy (non-hydrogen) atoms. The molecule has 5 heteroatoms. The van der Waals surface area contributed by atoms with Crippen molar-refractivity contribution in [2.45, 2.75) is 0 Å². The molecule has 0 fully saturated rings. The predicted octanol–water partition coefficient (Wildman–Crippen LogP) is 9.74. The standard InChI is InChI=1S/C37H25NO4/c1-39-28-17-27(18-29(19-28)40-2)37-35(25-11-7-4-8-12-25)31-20-30-32(21-33(31)42-37)41-36(26-15-13-23(22-38)14-16-26)34(30)24-9-5-3-6-10-24/h3-21H,1-2H3. The van der Waals surface area contributed by atoms with E-state index >= 15 is 0 Å². The van der Waals surface area contributed by atoms with Crippen LogP contribution in [0, 0.1) is 11.3 Å². The third-order valence-electron chi connectivity index (χ3n) is 7.51. The van der Waals surface area contributed by atoms with Crippen LogP contribution in [0.15, 0.2) is 124 Å². The van der Waals surface area contributed by atoms with E-state index in [1.54, 1.807) is 14.2 Å². The molecule has 0 radical (unpaired) electrons. The summed E-state index contributed by atoms with van der Waals surface area (Å²) in [4.78, 5) is 0. The van der Waals surface area contributed by atoms with Gasteiger partial charge in [-0.15, -0.1) is 0 Å². The molecule has 2 aromatic heterocycles. The Morgan fingerprint density at radius 2 is 1.02 bits per heavy atom. The topological polar surface area (TPSA) is 68.5 Å². The molecule has 0 aliphatic carbocycles. The normalized spacial score (nSPS) is 11.1. The lowest BCUT2D eigenvalue weighted by molar-refractivity contribution is 0.394. The fourth-order valence-corrected chi connectivity index (χ4v) is 5.51. The van der Waals surface area contributed by atoms with E-state index in [1.165, 1.54) is 0 Å². The van der Waals surface area contributed by atoms with Gasteiger partial charge in [0.2, 0.25) is 0 Å². The van der Waals surface area contributed by atoms with E-state index in [1.807, 2.05) is 84.9 Å². The molecule has 0 atom stereocenters. The zero-order valence-electron chi connectivity index (χ0n) is 23.0. The van der Waals surface area contributed by atoms with Crippen LogP contribution in [0.5, 0.6) is 11.5 Å². The minimum absolute atomic E-state index is 0.600. The number of benzene rings is 5. The van der Waals surface area contributed by atoms with Crippen molar-refractivity contribution in [2.24, 2.45) is 0 Å². The van der Waals surface area contributed by atoms with Gasteiger partial charge in [0.25, 0.3) is 0 Å². The van der Waals surface area contributed by atoms with E-state index in [4.69, 9.17) is 18.3 Å². The lowest BCUT2D eigenvalue weighted by Crippen LogP contribution is -1.89. The van der Waals surface area contributed by atoms with E-state index in [0.717, 1.165) is 55.7 Å². The van der Waals surface area contributed by atoms with Crippen LogP contribution in [0.3, 0.4) is 0 Å². The lowest BCUT2D eigenvalue weighted by Gasteiger charge is -2.09. The van der Waals surface area contributed by atoms with Crippen LogP contribution >= 0.6 is 0 Å². The van der Waals surface area contributed by atoms with Crippen LogP contribution in [0.4, 0.5) is 0 Å². The molecule has 0 saturated heterocycles. The number of fused-ring (bicyclic) bond motifs is 2. The summed E-state index contributed by atoms with van der Waals surface area (Å²) in [7, 11) is 3.28. The largest absolute Gasteiger partial charge is 0.497 e. The average Bonchev–Trinajstić information content (AvgIpc) is 3.62. The summed E-state index contributed by atoms with van der Waals surface area (Å²) in [6, 6.07) is 40.0. The highest BCUT2D eigenvalue weighted by Gasteiger charge is 2.24. The van der Waals surface area contributed by atoms with Gasteiger partial charge in [-0.3, -0.25) is 0 Å². The molecular formula is C37H25NO4. The first-order valence-corrected chi connectivity index (χ1v) is 13.5. The van der Waals surface area contributed by atoms with Gasteiger partial charge in [-0.2, -0.15) is 5.26 Å². The maximum absolute atomic E-state index is 9.32. The Balaban J connectivity index is 1.54. The molecule has 0 saturated carbocycles. The van der Waals surface area contributed by atoms with E-state index in [9.17, 15) is 5.26 Å². The van der Waals surface area contributed by atoms with Crippen molar-refractivity contribution in [1.82, 2.24) is 0 Å². The number of ether oxygens (including phenoxy) is 2. The first kappa shape index (κ1) is 25.3. The Bertz CT molecular complexity index is 2080. The number of rotatable bonds is 6. The Morgan fingerprint density at radius 1 is 0.524 bits per heavy atom. The quantitative estimate of drug-likeness (QED) is 0.207. The first-order valence-electron chi connectivity index (χ1n) is 13.5. The fourth-order valence-electron chi connectivity index (χ4n) is 5.51. The van der Waals surface area contributed by atoms with Crippen molar-refractivity contribution < 1.29 is 18.3 Å². The van der Waals surface area contributed by atoms with Crippen LogP contribution in [0.2, 0.25) is 0 Å². The molecule has 5 aromatic carbocycles. The van der Waals surface area contributed by atoms with E-state index in [-0.39, 0.29) is 0 Å². The van der Waals surface area contributed by atoms with E-state index < -0.39 is 0 Å². The predicted molar refractivity (Wildman–Crippen MR) is 166 cm³/mol. The van der Waals surface area contributed by atoms with Crippen LogP contribution in [0.25, 0.3) is 66.8 Å². The highest BCUT2D eigenvalue weighted by molar-refractivity contribution is 6.11. The highest BCUT2D eigenvalue weighted by atomic mass is 16.5. The molecule has 0 amide bonds. The van der Waals surface area contributed by atoms with Crippen molar-refractivity contribution in [3.05, 3.63) is 121 Å². The molecule has 5 nitrogen and oxygen atoms in total. The van der Waals surface area contributed by atoms with E-state index in [0.29, 0.717) is 28.2 Å². The van der Waals surface area contributed by atoms with Crippen molar-refractivity contribution in [1.29, 1.82) is 5.26 Å². The second-order valence-electron chi connectivity index (χ2n) is 9.98. The summed E-state index contributed by atoms with van der Waals surface area (Å²) in [6.07, 6.45) is 0. The Hall–Kier alpha value is -5.73. The van der Waals surface area contributed by atoms with Crippen molar-refractivity contribution in [3.63, 3.8) is 0 Å². The maximum atomic E-state index is 9.32. The highest BCUT2D eigenvalue weighted by Crippen LogP contribution is 2.47. The van der Waals surface area contributed by atoms with Gasteiger partial charge < -0.3 is 18.3 Å². The van der Waals surface area contributed by atoms with Crippen LogP contribution in [-0.4, -0.2) is 14.2 Å². The van der Waals surface area contributed by atoms with Gasteiger partial charge in [0.15, 0.2) is 0 Å². The van der Waals surface area contributed by atoms with Crippen LogP contribution in [0.1, 0.15) is 5.56 Å². The van der Waals surface area contributed by atoms with E-state index in [2.05, 4.69) is 36.4 Å². The zero-order chi connectivity index (χ0) is 28.6. The zero-order valence-corrected chi connectivity index (χ0v) is 23.0. The number of nitrogens with zero attached hydrogens (tertiary/aromatic N) is 1.